The van der Waals surface area contributed by atoms with Gasteiger partial charge in [0.25, 0.3) is 23.9 Å². The Hall–Kier alpha value is -4.40. The lowest BCUT2D eigenvalue weighted by Crippen LogP contribution is -2.43. The molecule has 0 heterocycles. The number of carboxylic acids is 8. The van der Waals surface area contributed by atoms with E-state index in [1.807, 2.05) is 0 Å². The van der Waals surface area contributed by atoms with Crippen molar-refractivity contribution in [1.29, 1.82) is 0 Å². The molecular formula is C20H38N2O18. The van der Waals surface area contributed by atoms with Crippen LogP contribution in [-0.2, 0) is 38.4 Å². The molecule has 0 amide bonds. The largest absolute Gasteiger partial charge is 0.481 e. The average Bonchev–Trinajstić information content (AvgIpc) is 2.68. The van der Waals surface area contributed by atoms with Crippen molar-refractivity contribution in [2.45, 2.75) is 27.7 Å². The number of aliphatic hydroxyl groups excluding tert-OH is 2. The quantitative estimate of drug-likeness (QED) is 0.109. The highest BCUT2D eigenvalue weighted by Crippen LogP contribution is 1.94. The van der Waals surface area contributed by atoms with Gasteiger partial charge in [-0.2, -0.15) is 0 Å². The van der Waals surface area contributed by atoms with Crippen LogP contribution in [0.4, 0.5) is 0 Å². The van der Waals surface area contributed by atoms with Crippen LogP contribution in [0.1, 0.15) is 27.7 Å². The molecule has 0 unspecified atom stereocenters. The summed E-state index contributed by atoms with van der Waals surface area (Å²) in [5.41, 5.74) is 0. The number of aliphatic carboxylic acids is 8. The Labute approximate surface area is 227 Å². The zero-order valence-electron chi connectivity index (χ0n) is 22.3. The van der Waals surface area contributed by atoms with Crippen molar-refractivity contribution in [3.8, 4) is 0 Å². The molecule has 0 aromatic heterocycles. The molecule has 0 fully saturated rings. The van der Waals surface area contributed by atoms with Crippen LogP contribution in [0.15, 0.2) is 0 Å². The Morgan fingerprint density at radius 2 is 0.525 bits per heavy atom. The molecular weight excluding hydrogens is 556 g/mol. The molecule has 0 saturated heterocycles. The zero-order chi connectivity index (χ0) is 33.4. The van der Waals surface area contributed by atoms with Crippen LogP contribution < -0.4 is 0 Å². The third-order valence-corrected chi connectivity index (χ3v) is 2.27. The standard InChI is InChI=1S/C10H16N2O8.4C2H4O2.C2H6O2/c13-7(14)3-11(4-8(15)16)1-2-12(5-9(17)18)6-10(19)20;4*1-2(3)4;3-1-2-4/h1-6H2,(H,13,14)(H,15,16)(H,17,18)(H,19,20);4*1H3,(H,3,4);3-4H,1-2H2. The Morgan fingerprint density at radius 3 is 0.600 bits per heavy atom. The van der Waals surface area contributed by atoms with E-state index in [2.05, 4.69) is 0 Å². The lowest BCUT2D eigenvalue weighted by atomic mass is 10.4. The van der Waals surface area contributed by atoms with Crippen LogP contribution >= 0.6 is 0 Å². The lowest BCUT2D eigenvalue weighted by Gasteiger charge is -2.23. The maximum atomic E-state index is 10.6. The third-order valence-electron chi connectivity index (χ3n) is 2.27. The second-order valence-electron chi connectivity index (χ2n) is 6.52. The minimum absolute atomic E-state index is 0.0703. The van der Waals surface area contributed by atoms with Gasteiger partial charge in [-0.3, -0.25) is 48.2 Å². The van der Waals surface area contributed by atoms with E-state index in [9.17, 15) is 19.2 Å². The van der Waals surface area contributed by atoms with Crippen molar-refractivity contribution < 1.29 is 89.4 Å². The van der Waals surface area contributed by atoms with Crippen molar-refractivity contribution in [3.05, 3.63) is 0 Å². The number of hydrogen-bond acceptors (Lipinski definition) is 12. The van der Waals surface area contributed by atoms with Crippen LogP contribution in [0, 0.1) is 0 Å². The Morgan fingerprint density at radius 1 is 0.400 bits per heavy atom. The van der Waals surface area contributed by atoms with Gasteiger partial charge in [0.2, 0.25) is 0 Å². The van der Waals surface area contributed by atoms with E-state index in [1.165, 1.54) is 0 Å². The molecule has 20 nitrogen and oxygen atoms in total. The first-order valence-corrected chi connectivity index (χ1v) is 10.4. The third kappa shape index (κ3) is 115. The highest BCUT2D eigenvalue weighted by atomic mass is 16.4. The summed E-state index contributed by atoms with van der Waals surface area (Å²) in [4.78, 5) is 80.4. The van der Waals surface area contributed by atoms with E-state index in [4.69, 9.17) is 70.2 Å². The van der Waals surface area contributed by atoms with Crippen molar-refractivity contribution in [1.82, 2.24) is 9.80 Å². The first-order chi connectivity index (χ1) is 18.0. The van der Waals surface area contributed by atoms with Gasteiger partial charge in [-0.05, 0) is 0 Å². The summed E-state index contributed by atoms with van der Waals surface area (Å²) < 4.78 is 0. The number of aliphatic hydroxyl groups is 2. The molecule has 0 aliphatic rings. The normalized spacial score (nSPS) is 8.60. The van der Waals surface area contributed by atoms with Gasteiger partial charge < -0.3 is 51.1 Å². The summed E-state index contributed by atoms with van der Waals surface area (Å²) in [6, 6.07) is 0. The molecule has 0 aliphatic heterocycles. The summed E-state index contributed by atoms with van der Waals surface area (Å²) in [5.74, 6) is -8.24. The molecule has 0 bridgehead atoms. The Kier molecular flexibility index (Phi) is 42.1. The van der Waals surface area contributed by atoms with Crippen LogP contribution in [-0.4, -0.2) is 161 Å². The number of nitrogens with zero attached hydrogens (tertiary/aromatic N) is 2. The van der Waals surface area contributed by atoms with Crippen LogP contribution in [0.5, 0.6) is 0 Å². The number of carbonyl (C=O) groups is 8. The van der Waals surface area contributed by atoms with Gasteiger partial charge in [-0.25, -0.2) is 0 Å². The molecule has 40 heavy (non-hydrogen) atoms. The summed E-state index contributed by atoms with van der Waals surface area (Å²) in [6.07, 6.45) is 0. The molecule has 0 saturated carbocycles. The maximum Gasteiger partial charge on any atom is 0.317 e. The van der Waals surface area contributed by atoms with Gasteiger partial charge in [0.1, 0.15) is 0 Å². The first kappa shape index (κ1) is 48.6. The fourth-order valence-corrected chi connectivity index (χ4v) is 1.48. The van der Waals surface area contributed by atoms with Crippen molar-refractivity contribution in [2.75, 3.05) is 52.5 Å². The SMILES string of the molecule is CC(=O)O.CC(=O)O.CC(=O)O.CC(=O)O.O=C(O)CN(CCN(CC(=O)O)CC(=O)O)CC(=O)O.OCCO. The van der Waals surface area contributed by atoms with Gasteiger partial charge in [0, 0.05) is 40.8 Å². The second-order valence-corrected chi connectivity index (χ2v) is 6.52. The number of rotatable bonds is 12. The number of carboxylic acid groups (broad SMARTS) is 8. The molecule has 0 radical (unpaired) electrons. The Bertz CT molecular complexity index is 622. The van der Waals surface area contributed by atoms with Crippen molar-refractivity contribution in [3.63, 3.8) is 0 Å². The zero-order valence-corrected chi connectivity index (χ0v) is 22.3. The van der Waals surface area contributed by atoms with Crippen molar-refractivity contribution in [2.24, 2.45) is 0 Å². The predicted molar refractivity (Wildman–Crippen MR) is 131 cm³/mol. The maximum absolute atomic E-state index is 10.6. The smallest absolute Gasteiger partial charge is 0.317 e. The molecule has 0 aromatic rings. The molecule has 20 heteroatoms. The minimum Gasteiger partial charge on any atom is -0.481 e. The van der Waals surface area contributed by atoms with Gasteiger partial charge in [0.15, 0.2) is 0 Å². The van der Waals surface area contributed by atoms with Gasteiger partial charge >= 0.3 is 23.9 Å². The Balaban J connectivity index is -0.000000116. The highest BCUT2D eigenvalue weighted by molar-refractivity contribution is 5.73. The lowest BCUT2D eigenvalue weighted by molar-refractivity contribution is -0.145. The monoisotopic (exact) mass is 594 g/mol. The molecule has 0 rings (SSSR count). The van der Waals surface area contributed by atoms with Crippen molar-refractivity contribution >= 4 is 47.8 Å². The summed E-state index contributed by atoms with van der Waals surface area (Å²) >= 11 is 0. The van der Waals surface area contributed by atoms with Crippen LogP contribution in [0.2, 0.25) is 0 Å². The topological polar surface area (TPSA) is 345 Å². The van der Waals surface area contributed by atoms with Gasteiger partial charge in [-0.15, -0.1) is 0 Å². The predicted octanol–water partition coefficient (Wildman–Crippen LogP) is -2.74. The van der Waals surface area contributed by atoms with E-state index in [1.54, 1.807) is 0 Å². The minimum atomic E-state index is -1.23. The molecule has 0 atom stereocenters. The fraction of sp³-hybridized carbons (Fsp3) is 0.600. The van der Waals surface area contributed by atoms with E-state index in [0.29, 0.717) is 0 Å². The van der Waals surface area contributed by atoms with Gasteiger partial charge in [0.05, 0.1) is 39.4 Å². The first-order valence-electron chi connectivity index (χ1n) is 10.4. The summed E-state index contributed by atoms with van der Waals surface area (Å²) in [7, 11) is 0. The summed E-state index contributed by atoms with van der Waals surface area (Å²) in [5, 5.41) is 79.4. The average molecular weight is 595 g/mol. The fourth-order valence-electron chi connectivity index (χ4n) is 1.48. The van der Waals surface area contributed by atoms with E-state index in [0.717, 1.165) is 37.5 Å². The molecule has 0 aliphatic carbocycles. The molecule has 236 valence electrons. The van der Waals surface area contributed by atoms with Crippen LogP contribution in [0.3, 0.4) is 0 Å². The molecule has 0 spiro atoms. The van der Waals surface area contributed by atoms with Gasteiger partial charge in [-0.1, -0.05) is 0 Å². The highest BCUT2D eigenvalue weighted by Gasteiger charge is 2.18. The van der Waals surface area contributed by atoms with E-state index in [-0.39, 0.29) is 26.3 Å². The second kappa shape index (κ2) is 34.6. The van der Waals surface area contributed by atoms with E-state index < -0.39 is 73.9 Å². The van der Waals surface area contributed by atoms with E-state index >= 15 is 0 Å². The van der Waals surface area contributed by atoms with Crippen LogP contribution in [0.25, 0.3) is 0 Å². The molecule has 10 N–H and O–H groups in total. The summed E-state index contributed by atoms with van der Waals surface area (Å²) in [6.45, 7) is 1.83. The molecule has 0 aromatic carbocycles. The number of hydrogen-bond donors (Lipinski definition) is 10.